The van der Waals surface area contributed by atoms with E-state index in [2.05, 4.69) is 10.6 Å². The lowest BCUT2D eigenvalue weighted by molar-refractivity contribution is -0.137. The van der Waals surface area contributed by atoms with Gasteiger partial charge in [0.25, 0.3) is 5.91 Å². The highest BCUT2D eigenvalue weighted by molar-refractivity contribution is 5.98. The molecule has 2 atom stereocenters. The van der Waals surface area contributed by atoms with Crippen molar-refractivity contribution in [3.8, 4) is 0 Å². The highest BCUT2D eigenvalue weighted by Crippen LogP contribution is 2.21. The van der Waals surface area contributed by atoms with Crippen LogP contribution in [0.4, 0.5) is 14.5 Å². The number of nitrogens with one attached hydrogen (secondary N) is 2. The van der Waals surface area contributed by atoms with Gasteiger partial charge in [-0.05, 0) is 43.0 Å². The molecule has 0 radical (unpaired) electrons. The molecule has 0 aliphatic carbocycles. The smallest absolute Gasteiger partial charge is 0.257 e. The highest BCUT2D eigenvalue weighted by Gasteiger charge is 2.34. The predicted molar refractivity (Wildman–Crippen MR) is 117 cm³/mol. The van der Waals surface area contributed by atoms with Gasteiger partial charge in [-0.25, -0.2) is 8.78 Å². The number of amides is 3. The standard InChI is InChI=1S/C24H27F2N3O3/c1-15(2)21(28-23(31)20-18(25)11-6-12-19(20)26)24(32)29-13-7-8-16(14-29)22(30)27-17-9-4-3-5-10-17/h3-6,9-12,15-16,21H,7-8,13-14H2,1-2H3,(H,27,30)(H,28,31)/t16-,21+/m1/s1. The van der Waals surface area contributed by atoms with Crippen LogP contribution in [0.1, 0.15) is 37.0 Å². The van der Waals surface area contributed by atoms with Crippen molar-refractivity contribution in [2.45, 2.75) is 32.7 Å². The molecule has 1 aliphatic heterocycles. The minimum Gasteiger partial charge on any atom is -0.340 e. The maximum Gasteiger partial charge on any atom is 0.257 e. The van der Waals surface area contributed by atoms with Crippen LogP contribution in [0.15, 0.2) is 48.5 Å². The maximum atomic E-state index is 14.0. The van der Waals surface area contributed by atoms with Crippen LogP contribution in [0, 0.1) is 23.5 Å². The fraction of sp³-hybridized carbons (Fsp3) is 0.375. The van der Waals surface area contributed by atoms with Gasteiger partial charge in [0.2, 0.25) is 11.8 Å². The van der Waals surface area contributed by atoms with Gasteiger partial charge in [0, 0.05) is 18.8 Å². The van der Waals surface area contributed by atoms with Crippen molar-refractivity contribution in [3.05, 3.63) is 65.7 Å². The van der Waals surface area contributed by atoms with Crippen LogP contribution >= 0.6 is 0 Å². The number of hydrogen-bond acceptors (Lipinski definition) is 3. The van der Waals surface area contributed by atoms with Crippen molar-refractivity contribution in [3.63, 3.8) is 0 Å². The van der Waals surface area contributed by atoms with E-state index in [1.165, 1.54) is 6.07 Å². The molecule has 0 spiro atoms. The number of nitrogens with zero attached hydrogens (tertiary/aromatic N) is 1. The second-order valence-electron chi connectivity index (χ2n) is 8.27. The number of hydrogen-bond donors (Lipinski definition) is 2. The largest absolute Gasteiger partial charge is 0.340 e. The second kappa shape index (κ2) is 10.3. The van der Waals surface area contributed by atoms with Gasteiger partial charge in [0.1, 0.15) is 23.2 Å². The average Bonchev–Trinajstić information content (AvgIpc) is 2.77. The molecule has 2 aromatic rings. The molecule has 8 heteroatoms. The summed E-state index contributed by atoms with van der Waals surface area (Å²) >= 11 is 0. The Morgan fingerprint density at radius 2 is 1.66 bits per heavy atom. The molecule has 0 saturated carbocycles. The van der Waals surface area contributed by atoms with E-state index >= 15 is 0 Å². The monoisotopic (exact) mass is 443 g/mol. The molecule has 2 N–H and O–H groups in total. The van der Waals surface area contributed by atoms with Crippen molar-refractivity contribution >= 4 is 23.4 Å². The molecule has 6 nitrogen and oxygen atoms in total. The van der Waals surface area contributed by atoms with E-state index in [1.54, 1.807) is 30.9 Å². The Kier molecular flexibility index (Phi) is 7.56. The van der Waals surface area contributed by atoms with Crippen molar-refractivity contribution < 1.29 is 23.2 Å². The van der Waals surface area contributed by atoms with Crippen molar-refractivity contribution in [2.24, 2.45) is 11.8 Å². The van der Waals surface area contributed by atoms with E-state index in [4.69, 9.17) is 0 Å². The van der Waals surface area contributed by atoms with E-state index in [0.717, 1.165) is 12.1 Å². The normalized spacial score (nSPS) is 17.0. The van der Waals surface area contributed by atoms with Gasteiger partial charge in [-0.2, -0.15) is 0 Å². The Bertz CT molecular complexity index is 961. The number of benzene rings is 2. The molecular formula is C24H27F2N3O3. The zero-order valence-corrected chi connectivity index (χ0v) is 18.1. The lowest BCUT2D eigenvalue weighted by atomic mass is 9.94. The first-order valence-corrected chi connectivity index (χ1v) is 10.7. The molecular weight excluding hydrogens is 416 g/mol. The van der Waals surface area contributed by atoms with Gasteiger partial charge in [-0.15, -0.1) is 0 Å². The third-order valence-electron chi connectivity index (χ3n) is 5.55. The SMILES string of the molecule is CC(C)[C@H](NC(=O)c1c(F)cccc1F)C(=O)N1CCC[C@@H](C(=O)Nc2ccccc2)C1. The Balaban J connectivity index is 1.69. The molecule has 0 aromatic heterocycles. The second-order valence-corrected chi connectivity index (χ2v) is 8.27. The lowest BCUT2D eigenvalue weighted by Crippen LogP contribution is -2.54. The number of halogens is 2. The average molecular weight is 443 g/mol. The lowest BCUT2D eigenvalue weighted by Gasteiger charge is -2.35. The Morgan fingerprint density at radius 3 is 2.28 bits per heavy atom. The molecule has 0 bridgehead atoms. The van der Waals surface area contributed by atoms with Crippen LogP contribution in [0.25, 0.3) is 0 Å². The molecule has 3 amide bonds. The third kappa shape index (κ3) is 5.49. The van der Waals surface area contributed by atoms with Crippen LogP contribution in [0.2, 0.25) is 0 Å². The number of piperidine rings is 1. The van der Waals surface area contributed by atoms with Gasteiger partial charge >= 0.3 is 0 Å². The summed E-state index contributed by atoms with van der Waals surface area (Å²) in [5.41, 5.74) is -0.0371. The van der Waals surface area contributed by atoms with E-state index in [9.17, 15) is 23.2 Å². The van der Waals surface area contributed by atoms with Gasteiger partial charge in [-0.3, -0.25) is 14.4 Å². The van der Waals surface area contributed by atoms with Gasteiger partial charge in [-0.1, -0.05) is 38.1 Å². The quantitative estimate of drug-likeness (QED) is 0.716. The van der Waals surface area contributed by atoms with E-state index in [-0.39, 0.29) is 30.2 Å². The Morgan fingerprint density at radius 1 is 1.00 bits per heavy atom. The first-order chi connectivity index (χ1) is 15.3. The Hall–Kier alpha value is -3.29. The fourth-order valence-electron chi connectivity index (χ4n) is 3.80. The summed E-state index contributed by atoms with van der Waals surface area (Å²) in [6.07, 6.45) is 1.28. The van der Waals surface area contributed by atoms with Crippen LogP contribution in [0.5, 0.6) is 0 Å². The number of carbonyl (C=O) groups is 3. The van der Waals surface area contributed by atoms with E-state index in [1.807, 2.05) is 18.2 Å². The third-order valence-corrected chi connectivity index (χ3v) is 5.55. The number of para-hydroxylation sites is 1. The van der Waals surface area contributed by atoms with Gasteiger partial charge in [0.05, 0.1) is 5.92 Å². The van der Waals surface area contributed by atoms with E-state index < -0.39 is 29.1 Å². The molecule has 3 rings (SSSR count). The Labute approximate surface area is 186 Å². The highest BCUT2D eigenvalue weighted by atomic mass is 19.1. The molecule has 1 aliphatic rings. The molecule has 2 aromatic carbocycles. The minimum atomic E-state index is -0.993. The molecule has 1 heterocycles. The molecule has 170 valence electrons. The number of carbonyl (C=O) groups excluding carboxylic acids is 3. The molecule has 1 fully saturated rings. The summed E-state index contributed by atoms with van der Waals surface area (Å²) in [5.74, 6) is -4.22. The van der Waals surface area contributed by atoms with Crippen LogP contribution in [-0.2, 0) is 9.59 Å². The summed E-state index contributed by atoms with van der Waals surface area (Å²) in [6, 6.07) is 11.2. The van der Waals surface area contributed by atoms with Crippen LogP contribution in [-0.4, -0.2) is 41.8 Å². The molecule has 32 heavy (non-hydrogen) atoms. The number of rotatable bonds is 6. The predicted octanol–water partition coefficient (Wildman–Crippen LogP) is 3.60. The zero-order valence-electron chi connectivity index (χ0n) is 18.1. The number of anilines is 1. The summed E-state index contributed by atoms with van der Waals surface area (Å²) in [7, 11) is 0. The summed E-state index contributed by atoms with van der Waals surface area (Å²) in [6.45, 7) is 4.14. The summed E-state index contributed by atoms with van der Waals surface area (Å²) in [4.78, 5) is 40.0. The van der Waals surface area contributed by atoms with Crippen molar-refractivity contribution in [1.29, 1.82) is 0 Å². The van der Waals surface area contributed by atoms with E-state index in [0.29, 0.717) is 25.1 Å². The maximum absolute atomic E-state index is 14.0. The van der Waals surface area contributed by atoms with Crippen molar-refractivity contribution in [2.75, 3.05) is 18.4 Å². The molecule has 0 unspecified atom stereocenters. The van der Waals surface area contributed by atoms with Crippen LogP contribution < -0.4 is 10.6 Å². The van der Waals surface area contributed by atoms with Crippen LogP contribution in [0.3, 0.4) is 0 Å². The molecule has 1 saturated heterocycles. The topological polar surface area (TPSA) is 78.5 Å². The van der Waals surface area contributed by atoms with Crippen molar-refractivity contribution in [1.82, 2.24) is 10.2 Å². The summed E-state index contributed by atoms with van der Waals surface area (Å²) < 4.78 is 28.0. The zero-order chi connectivity index (χ0) is 23.3. The fourth-order valence-corrected chi connectivity index (χ4v) is 3.80. The number of likely N-dealkylation sites (tertiary alicyclic amines) is 1. The first kappa shape index (κ1) is 23.4. The van der Waals surface area contributed by atoms with Gasteiger partial charge < -0.3 is 15.5 Å². The van der Waals surface area contributed by atoms with Gasteiger partial charge in [0.15, 0.2) is 0 Å². The first-order valence-electron chi connectivity index (χ1n) is 10.7. The minimum absolute atomic E-state index is 0.174. The summed E-state index contributed by atoms with van der Waals surface area (Å²) in [5, 5.41) is 5.34.